The van der Waals surface area contributed by atoms with Crippen LogP contribution in [0.4, 0.5) is 0 Å². The minimum atomic E-state index is -3.47. The number of aromatic hydroxyl groups is 1. The van der Waals surface area contributed by atoms with Gasteiger partial charge in [0.15, 0.2) is 0 Å². The predicted molar refractivity (Wildman–Crippen MR) is 106 cm³/mol. The van der Waals surface area contributed by atoms with Gasteiger partial charge in [0.1, 0.15) is 5.75 Å². The number of amides is 1. The van der Waals surface area contributed by atoms with Crippen LogP contribution in [0, 0.1) is 11.3 Å². The molecular weight excluding hydrogens is 366 g/mol. The van der Waals surface area contributed by atoms with E-state index < -0.39 is 10.2 Å². The summed E-state index contributed by atoms with van der Waals surface area (Å²) in [5.41, 5.74) is 0.661. The van der Waals surface area contributed by atoms with Crippen LogP contribution in [0.3, 0.4) is 0 Å². The third kappa shape index (κ3) is 6.48. The molecule has 152 valence electrons. The molecule has 0 aromatic heterocycles. The lowest BCUT2D eigenvalue weighted by Crippen LogP contribution is -2.47. The van der Waals surface area contributed by atoms with Crippen LogP contribution in [0.2, 0.25) is 0 Å². The fourth-order valence-corrected chi connectivity index (χ4v) is 4.54. The molecule has 0 spiro atoms. The van der Waals surface area contributed by atoms with Gasteiger partial charge < -0.3 is 10.4 Å². The highest BCUT2D eigenvalue weighted by atomic mass is 32.2. The van der Waals surface area contributed by atoms with Crippen molar-refractivity contribution in [1.29, 1.82) is 0 Å². The van der Waals surface area contributed by atoms with E-state index in [1.54, 1.807) is 0 Å². The summed E-state index contributed by atoms with van der Waals surface area (Å²) in [7, 11) is -3.47. The Hall–Kier alpha value is -1.64. The van der Waals surface area contributed by atoms with Gasteiger partial charge in [0.05, 0.1) is 0 Å². The molecule has 2 rings (SSSR count). The van der Waals surface area contributed by atoms with Crippen LogP contribution in [-0.2, 0) is 10.2 Å². The molecule has 0 unspecified atom stereocenters. The fraction of sp³-hybridized carbons (Fsp3) is 0.632. The lowest BCUT2D eigenvalue weighted by molar-refractivity contribution is 0.0953. The summed E-state index contributed by atoms with van der Waals surface area (Å²) in [6.07, 6.45) is 2.27. The summed E-state index contributed by atoms with van der Waals surface area (Å²) in [6, 6.07) is 5.97. The Labute approximate surface area is 162 Å². The van der Waals surface area contributed by atoms with Crippen molar-refractivity contribution < 1.29 is 18.3 Å². The van der Waals surface area contributed by atoms with E-state index in [1.165, 1.54) is 28.6 Å². The number of piperidine rings is 1. The second-order valence-corrected chi connectivity index (χ2v) is 9.85. The van der Waals surface area contributed by atoms with E-state index in [-0.39, 0.29) is 23.6 Å². The van der Waals surface area contributed by atoms with E-state index in [0.29, 0.717) is 37.5 Å². The van der Waals surface area contributed by atoms with Crippen LogP contribution in [0.5, 0.6) is 5.75 Å². The normalized spacial score (nSPS) is 17.0. The fourth-order valence-electron chi connectivity index (χ4n) is 3.26. The molecule has 27 heavy (non-hydrogen) atoms. The van der Waals surface area contributed by atoms with Crippen LogP contribution >= 0.6 is 0 Å². The lowest BCUT2D eigenvalue weighted by atomic mass is 9.76. The molecule has 0 saturated carbocycles. The minimum absolute atomic E-state index is 0.104. The first-order valence-electron chi connectivity index (χ1n) is 9.41. The Morgan fingerprint density at radius 2 is 1.74 bits per heavy atom. The number of phenols is 1. The first-order chi connectivity index (χ1) is 12.6. The van der Waals surface area contributed by atoms with Crippen molar-refractivity contribution in [3.05, 3.63) is 29.8 Å². The van der Waals surface area contributed by atoms with Gasteiger partial charge >= 0.3 is 0 Å². The van der Waals surface area contributed by atoms with E-state index in [1.807, 2.05) is 0 Å². The van der Waals surface area contributed by atoms with Gasteiger partial charge in [0, 0.05) is 31.7 Å². The molecule has 0 bridgehead atoms. The number of phenolic OH excluding ortho intramolecular Hbond substituents is 1. The Morgan fingerprint density at radius 3 is 2.30 bits per heavy atom. The van der Waals surface area contributed by atoms with Gasteiger partial charge in [-0.25, -0.2) is 4.72 Å². The quantitative estimate of drug-likeness (QED) is 0.614. The molecule has 3 N–H and O–H groups in total. The number of rotatable bonds is 7. The van der Waals surface area contributed by atoms with Crippen molar-refractivity contribution in [2.75, 3.05) is 26.2 Å². The zero-order valence-corrected chi connectivity index (χ0v) is 17.2. The van der Waals surface area contributed by atoms with Crippen LogP contribution in [0.1, 0.15) is 50.4 Å². The van der Waals surface area contributed by atoms with E-state index >= 15 is 0 Å². The third-order valence-electron chi connectivity index (χ3n) is 5.07. The Morgan fingerprint density at radius 1 is 1.15 bits per heavy atom. The molecule has 0 atom stereocenters. The van der Waals surface area contributed by atoms with E-state index in [0.717, 1.165) is 12.8 Å². The summed E-state index contributed by atoms with van der Waals surface area (Å²) in [5, 5.41) is 12.0. The smallest absolute Gasteiger partial charge is 0.279 e. The summed E-state index contributed by atoms with van der Waals surface area (Å²) in [5.74, 6) is 0.397. The maximum absolute atomic E-state index is 12.4. The van der Waals surface area contributed by atoms with Crippen LogP contribution in [-0.4, -0.2) is 49.9 Å². The SMILES string of the molecule is CC(C)(C)C1CCN(S(=O)(=O)NCCCNC(=O)c2ccc(O)cc2)CC1. The number of nitrogens with zero attached hydrogens (tertiary/aromatic N) is 1. The average Bonchev–Trinajstić information content (AvgIpc) is 2.61. The number of hydrogen-bond donors (Lipinski definition) is 3. The molecular formula is C19H31N3O4S. The second kappa shape index (κ2) is 9.03. The summed E-state index contributed by atoms with van der Waals surface area (Å²) >= 11 is 0. The molecule has 8 heteroatoms. The van der Waals surface area contributed by atoms with E-state index in [4.69, 9.17) is 0 Å². The number of carbonyl (C=O) groups excluding carboxylic acids is 1. The van der Waals surface area contributed by atoms with E-state index in [2.05, 4.69) is 30.8 Å². The summed E-state index contributed by atoms with van der Waals surface area (Å²) in [6.45, 7) is 8.35. The number of carbonyl (C=O) groups is 1. The lowest BCUT2D eigenvalue weighted by Gasteiger charge is -2.38. The molecule has 7 nitrogen and oxygen atoms in total. The molecule has 0 aliphatic carbocycles. The second-order valence-electron chi connectivity index (χ2n) is 8.10. The number of nitrogens with one attached hydrogen (secondary N) is 2. The third-order valence-corrected chi connectivity index (χ3v) is 6.69. The largest absolute Gasteiger partial charge is 0.508 e. The monoisotopic (exact) mass is 397 g/mol. The van der Waals surface area contributed by atoms with Crippen molar-refractivity contribution in [3.63, 3.8) is 0 Å². The standard InChI is InChI=1S/C19H31N3O4S/c1-19(2,3)16-9-13-22(14-10-16)27(25,26)21-12-4-11-20-18(24)15-5-7-17(23)8-6-15/h5-8,16,21,23H,4,9-14H2,1-3H3,(H,20,24). The molecule has 1 heterocycles. The van der Waals surface area contributed by atoms with Crippen molar-refractivity contribution in [1.82, 2.24) is 14.3 Å². The Kier molecular flexibility index (Phi) is 7.25. The van der Waals surface area contributed by atoms with Crippen LogP contribution in [0.15, 0.2) is 24.3 Å². The molecule has 1 amide bonds. The van der Waals surface area contributed by atoms with Gasteiger partial charge in [-0.3, -0.25) is 4.79 Å². The molecule has 1 aliphatic heterocycles. The van der Waals surface area contributed by atoms with Crippen LogP contribution < -0.4 is 10.0 Å². The van der Waals surface area contributed by atoms with Crippen LogP contribution in [0.25, 0.3) is 0 Å². The summed E-state index contributed by atoms with van der Waals surface area (Å²) in [4.78, 5) is 11.9. The van der Waals surface area contributed by atoms with Gasteiger partial charge in [-0.1, -0.05) is 20.8 Å². The first-order valence-corrected chi connectivity index (χ1v) is 10.9. The maximum Gasteiger partial charge on any atom is 0.279 e. The highest BCUT2D eigenvalue weighted by Gasteiger charge is 2.32. The minimum Gasteiger partial charge on any atom is -0.508 e. The Balaban J connectivity index is 1.69. The van der Waals surface area contributed by atoms with Crippen molar-refractivity contribution in [2.45, 2.75) is 40.0 Å². The van der Waals surface area contributed by atoms with Gasteiger partial charge in [-0.15, -0.1) is 0 Å². The van der Waals surface area contributed by atoms with Gasteiger partial charge in [0.25, 0.3) is 16.1 Å². The molecule has 1 saturated heterocycles. The van der Waals surface area contributed by atoms with E-state index in [9.17, 15) is 18.3 Å². The summed E-state index contributed by atoms with van der Waals surface area (Å²) < 4.78 is 28.9. The molecule has 1 aromatic carbocycles. The number of benzene rings is 1. The van der Waals surface area contributed by atoms with Gasteiger partial charge in [-0.05, 0) is 54.9 Å². The van der Waals surface area contributed by atoms with Crippen molar-refractivity contribution in [2.24, 2.45) is 11.3 Å². The maximum atomic E-state index is 12.4. The zero-order chi connectivity index (χ0) is 20.1. The van der Waals surface area contributed by atoms with Gasteiger partial charge in [-0.2, -0.15) is 12.7 Å². The molecule has 1 aliphatic rings. The predicted octanol–water partition coefficient (Wildman–Crippen LogP) is 2.10. The highest BCUT2D eigenvalue weighted by molar-refractivity contribution is 7.87. The van der Waals surface area contributed by atoms with Gasteiger partial charge in [0.2, 0.25) is 0 Å². The highest BCUT2D eigenvalue weighted by Crippen LogP contribution is 2.34. The topological polar surface area (TPSA) is 98.7 Å². The van der Waals surface area contributed by atoms with Crippen molar-refractivity contribution >= 4 is 16.1 Å². The molecule has 1 fully saturated rings. The van der Waals surface area contributed by atoms with Crippen molar-refractivity contribution in [3.8, 4) is 5.75 Å². The first kappa shape index (κ1) is 21.7. The molecule has 1 aromatic rings. The molecule has 0 radical (unpaired) electrons. The Bertz CT molecular complexity index is 718. The average molecular weight is 398 g/mol. The number of hydrogen-bond acceptors (Lipinski definition) is 4. The zero-order valence-electron chi connectivity index (χ0n) is 16.4.